The van der Waals surface area contributed by atoms with Crippen molar-refractivity contribution in [1.82, 2.24) is 10.3 Å². The molecular weight excluding hydrogens is 303 g/mol. The minimum Gasteiger partial charge on any atom is -0.352 e. The van der Waals surface area contributed by atoms with Crippen molar-refractivity contribution in [1.29, 1.82) is 0 Å². The quantitative estimate of drug-likeness (QED) is 0.580. The molecule has 0 aromatic carbocycles. The van der Waals surface area contributed by atoms with Gasteiger partial charge in [0.15, 0.2) is 0 Å². The smallest absolute Gasteiger partial charge is 0.254 e. The zero-order valence-electron chi connectivity index (χ0n) is 10.9. The predicted molar refractivity (Wildman–Crippen MR) is 83.4 cm³/mol. The van der Waals surface area contributed by atoms with E-state index in [-0.39, 0.29) is 16.2 Å². The molecule has 1 rings (SSSR count). The monoisotopic (exact) mass is 320 g/mol. The van der Waals surface area contributed by atoms with Crippen molar-refractivity contribution in [2.45, 2.75) is 25.7 Å². The largest absolute Gasteiger partial charge is 0.352 e. The van der Waals surface area contributed by atoms with E-state index in [1.54, 1.807) is 12.1 Å². The molecule has 0 aliphatic carbocycles. The van der Waals surface area contributed by atoms with E-state index in [1.165, 1.54) is 18.6 Å². The number of thioether (sulfide) groups is 1. The molecule has 0 saturated heterocycles. The second-order valence-corrected chi connectivity index (χ2v) is 5.87. The van der Waals surface area contributed by atoms with Crippen LogP contribution in [0.15, 0.2) is 12.1 Å². The molecule has 19 heavy (non-hydrogen) atoms. The average molecular weight is 321 g/mol. The third kappa shape index (κ3) is 6.50. The molecule has 0 spiro atoms. The molecule has 1 N–H and O–H groups in total. The number of nitrogens with zero attached hydrogens (tertiary/aromatic N) is 1. The Bertz CT molecular complexity index is 416. The van der Waals surface area contributed by atoms with Crippen LogP contribution in [0.5, 0.6) is 0 Å². The number of hydrogen-bond acceptors (Lipinski definition) is 3. The van der Waals surface area contributed by atoms with Crippen LogP contribution >= 0.6 is 35.0 Å². The van der Waals surface area contributed by atoms with E-state index in [0.717, 1.165) is 12.8 Å². The Morgan fingerprint density at radius 3 is 2.68 bits per heavy atom. The van der Waals surface area contributed by atoms with Crippen LogP contribution in [0.3, 0.4) is 0 Å². The van der Waals surface area contributed by atoms with E-state index in [4.69, 9.17) is 23.2 Å². The second-order valence-electron chi connectivity index (χ2n) is 4.14. The summed E-state index contributed by atoms with van der Waals surface area (Å²) < 4.78 is 0. The molecule has 6 heteroatoms. The maximum Gasteiger partial charge on any atom is 0.254 e. The highest BCUT2D eigenvalue weighted by Gasteiger charge is 2.10. The first-order valence-corrected chi connectivity index (χ1v) is 8.39. The summed E-state index contributed by atoms with van der Waals surface area (Å²) in [6.45, 7) is 0.664. The van der Waals surface area contributed by atoms with Gasteiger partial charge < -0.3 is 5.32 Å². The first-order valence-electron chi connectivity index (χ1n) is 6.24. The Labute approximate surface area is 128 Å². The van der Waals surface area contributed by atoms with E-state index in [1.807, 2.05) is 11.8 Å². The fourth-order valence-corrected chi connectivity index (χ4v) is 2.53. The molecule has 0 aliphatic heterocycles. The molecule has 0 radical (unpaired) electrons. The number of nitrogens with one attached hydrogen (secondary N) is 1. The van der Waals surface area contributed by atoms with Crippen LogP contribution in [0, 0.1) is 0 Å². The van der Waals surface area contributed by atoms with Crippen LogP contribution in [0.25, 0.3) is 0 Å². The summed E-state index contributed by atoms with van der Waals surface area (Å²) in [7, 11) is 0. The number of carbonyl (C=O) groups excluding carboxylic acids is 1. The van der Waals surface area contributed by atoms with Crippen LogP contribution < -0.4 is 5.32 Å². The third-order valence-corrected chi connectivity index (χ3v) is 3.82. The van der Waals surface area contributed by atoms with Gasteiger partial charge in [0.05, 0.1) is 5.56 Å². The summed E-state index contributed by atoms with van der Waals surface area (Å²) >= 11 is 13.4. The van der Waals surface area contributed by atoms with Gasteiger partial charge in [0, 0.05) is 6.54 Å². The highest BCUT2D eigenvalue weighted by atomic mass is 35.5. The maximum absolute atomic E-state index is 11.8. The highest BCUT2D eigenvalue weighted by molar-refractivity contribution is 7.98. The predicted octanol–water partition coefficient (Wildman–Crippen LogP) is 4.04. The molecule has 0 atom stereocenters. The fraction of sp³-hybridized carbons (Fsp3) is 0.538. The van der Waals surface area contributed by atoms with Crippen molar-refractivity contribution in [3.63, 3.8) is 0 Å². The first kappa shape index (κ1) is 16.6. The summed E-state index contributed by atoms with van der Waals surface area (Å²) in [5.74, 6) is 1.01. The molecule has 1 heterocycles. The third-order valence-electron chi connectivity index (χ3n) is 2.62. The van der Waals surface area contributed by atoms with Crippen molar-refractivity contribution in [2.24, 2.45) is 0 Å². The van der Waals surface area contributed by atoms with Crippen LogP contribution in [-0.4, -0.2) is 29.4 Å². The van der Waals surface area contributed by atoms with Gasteiger partial charge in [-0.3, -0.25) is 4.79 Å². The fourth-order valence-electron chi connectivity index (χ4n) is 1.60. The molecule has 0 saturated carbocycles. The maximum atomic E-state index is 11.8. The topological polar surface area (TPSA) is 42.0 Å². The lowest BCUT2D eigenvalue weighted by atomic mass is 10.2. The standard InChI is InChI=1S/C13H18Cl2N2OS/c1-19-9-5-3-2-4-8-16-13(18)10-6-7-11(14)17-12(10)15/h6-7H,2-5,8-9H2,1H3,(H,16,18). The van der Waals surface area contributed by atoms with E-state index in [0.29, 0.717) is 12.1 Å². The number of unbranched alkanes of at least 4 members (excludes halogenated alkanes) is 3. The summed E-state index contributed by atoms with van der Waals surface area (Å²) in [6, 6.07) is 3.15. The number of amides is 1. The van der Waals surface area contributed by atoms with Crippen molar-refractivity contribution in [3.05, 3.63) is 28.0 Å². The Balaban J connectivity index is 2.24. The lowest BCUT2D eigenvalue weighted by Gasteiger charge is -2.06. The van der Waals surface area contributed by atoms with Gasteiger partial charge in [0.2, 0.25) is 0 Å². The van der Waals surface area contributed by atoms with Crippen LogP contribution in [-0.2, 0) is 0 Å². The Kier molecular flexibility index (Phi) is 8.26. The van der Waals surface area contributed by atoms with Gasteiger partial charge in [0.1, 0.15) is 10.3 Å². The van der Waals surface area contributed by atoms with E-state index in [2.05, 4.69) is 16.6 Å². The zero-order chi connectivity index (χ0) is 14.1. The summed E-state index contributed by atoms with van der Waals surface area (Å²) in [5.41, 5.74) is 0.369. The van der Waals surface area contributed by atoms with Gasteiger partial charge in [-0.15, -0.1) is 0 Å². The number of aromatic nitrogens is 1. The summed E-state index contributed by atoms with van der Waals surface area (Å²) in [6.07, 6.45) is 6.68. The molecule has 0 unspecified atom stereocenters. The van der Waals surface area contributed by atoms with Crippen LogP contribution in [0.2, 0.25) is 10.3 Å². The Morgan fingerprint density at radius 1 is 1.26 bits per heavy atom. The van der Waals surface area contributed by atoms with E-state index in [9.17, 15) is 4.79 Å². The summed E-state index contributed by atoms with van der Waals surface area (Å²) in [4.78, 5) is 15.7. The zero-order valence-corrected chi connectivity index (χ0v) is 13.2. The number of carbonyl (C=O) groups is 1. The molecule has 0 bridgehead atoms. The Morgan fingerprint density at radius 2 is 2.00 bits per heavy atom. The van der Waals surface area contributed by atoms with Gasteiger partial charge >= 0.3 is 0 Å². The molecule has 1 aromatic heterocycles. The molecule has 1 amide bonds. The SMILES string of the molecule is CSCCCCCCNC(=O)c1ccc(Cl)nc1Cl. The van der Waals surface area contributed by atoms with E-state index < -0.39 is 0 Å². The molecule has 0 fully saturated rings. The first-order chi connectivity index (χ1) is 9.15. The van der Waals surface area contributed by atoms with Crippen LogP contribution in [0.1, 0.15) is 36.0 Å². The van der Waals surface area contributed by atoms with E-state index >= 15 is 0 Å². The van der Waals surface area contributed by atoms with Gasteiger partial charge in [-0.2, -0.15) is 11.8 Å². The van der Waals surface area contributed by atoms with Gasteiger partial charge in [-0.1, -0.05) is 36.0 Å². The molecule has 1 aromatic rings. The second kappa shape index (κ2) is 9.45. The van der Waals surface area contributed by atoms with Crippen LogP contribution in [0.4, 0.5) is 0 Å². The van der Waals surface area contributed by atoms with Gasteiger partial charge in [-0.05, 0) is 37.0 Å². The molecule has 106 valence electrons. The highest BCUT2D eigenvalue weighted by Crippen LogP contribution is 2.16. The minimum absolute atomic E-state index is 0.143. The van der Waals surface area contributed by atoms with Gasteiger partial charge in [0.25, 0.3) is 5.91 Å². The number of hydrogen-bond donors (Lipinski definition) is 1. The molecule has 3 nitrogen and oxygen atoms in total. The Hall–Kier alpha value is -0.450. The lowest BCUT2D eigenvalue weighted by Crippen LogP contribution is -2.24. The minimum atomic E-state index is -0.196. The molecular formula is C13H18Cl2N2OS. The normalized spacial score (nSPS) is 10.5. The number of halogens is 2. The van der Waals surface area contributed by atoms with Gasteiger partial charge in [-0.25, -0.2) is 4.98 Å². The van der Waals surface area contributed by atoms with Crippen molar-refractivity contribution in [2.75, 3.05) is 18.6 Å². The molecule has 0 aliphatic rings. The number of rotatable bonds is 8. The van der Waals surface area contributed by atoms with Crippen molar-refractivity contribution >= 4 is 40.9 Å². The average Bonchev–Trinajstić information content (AvgIpc) is 2.37. The lowest BCUT2D eigenvalue weighted by molar-refractivity contribution is 0.0953. The van der Waals surface area contributed by atoms with Crippen molar-refractivity contribution in [3.8, 4) is 0 Å². The number of pyridine rings is 1. The summed E-state index contributed by atoms with van der Waals surface area (Å²) in [5, 5.41) is 3.27. The van der Waals surface area contributed by atoms with Crippen molar-refractivity contribution < 1.29 is 4.79 Å².